The molecule has 0 N–H and O–H groups in total. The molecule has 0 spiro atoms. The second kappa shape index (κ2) is 7.01. The van der Waals surface area contributed by atoms with E-state index < -0.39 is 11.6 Å². The molecule has 0 amide bonds. The van der Waals surface area contributed by atoms with E-state index in [0.717, 1.165) is 25.7 Å². The number of aldehydes is 1. The molecule has 0 aliphatic carbocycles. The summed E-state index contributed by atoms with van der Waals surface area (Å²) < 4.78 is 10.5. The van der Waals surface area contributed by atoms with Gasteiger partial charge in [-0.2, -0.15) is 0 Å². The first-order valence-corrected chi connectivity index (χ1v) is 6.78. The van der Waals surface area contributed by atoms with Gasteiger partial charge in [0.15, 0.2) is 0 Å². The molecule has 0 saturated carbocycles. The van der Waals surface area contributed by atoms with E-state index in [9.17, 15) is 9.59 Å². The molecule has 1 heterocycles. The molecule has 19 heavy (non-hydrogen) atoms. The topological polar surface area (TPSA) is 55.8 Å². The van der Waals surface area contributed by atoms with Crippen LogP contribution >= 0.6 is 0 Å². The van der Waals surface area contributed by atoms with Crippen LogP contribution in [0.4, 0.5) is 0 Å². The number of ether oxygens (including phenoxy) is 2. The standard InChI is InChI=1S/C14H25NO4/c1-14(2,3)19-13(17)10-18-9-11(8-16)12-6-5-7-15(12)4/h8,11-12H,5-7,9-10H2,1-4H3/t11-,12?/m1/s1. The lowest BCUT2D eigenvalue weighted by Crippen LogP contribution is -2.36. The number of likely N-dealkylation sites (tertiary alicyclic amines) is 1. The molecule has 1 aliphatic heterocycles. The van der Waals surface area contributed by atoms with Gasteiger partial charge in [-0.3, -0.25) is 0 Å². The highest BCUT2D eigenvalue weighted by molar-refractivity contribution is 5.71. The van der Waals surface area contributed by atoms with Gasteiger partial charge in [0, 0.05) is 6.04 Å². The van der Waals surface area contributed by atoms with Gasteiger partial charge in [-0.25, -0.2) is 4.79 Å². The van der Waals surface area contributed by atoms with Gasteiger partial charge in [0.05, 0.1) is 12.5 Å². The van der Waals surface area contributed by atoms with Gasteiger partial charge in [0.1, 0.15) is 18.5 Å². The molecule has 5 nitrogen and oxygen atoms in total. The summed E-state index contributed by atoms with van der Waals surface area (Å²) in [6.07, 6.45) is 3.05. The number of hydrogen-bond donors (Lipinski definition) is 0. The number of esters is 1. The number of rotatable bonds is 6. The van der Waals surface area contributed by atoms with Crippen LogP contribution in [0, 0.1) is 5.92 Å². The molecule has 0 aromatic heterocycles. The molecule has 1 fully saturated rings. The number of nitrogens with zero attached hydrogens (tertiary/aromatic N) is 1. The van der Waals surface area contributed by atoms with E-state index in [-0.39, 0.29) is 25.2 Å². The van der Waals surface area contributed by atoms with E-state index in [0.29, 0.717) is 0 Å². The van der Waals surface area contributed by atoms with Gasteiger partial charge < -0.3 is 19.2 Å². The zero-order chi connectivity index (χ0) is 14.5. The molecule has 110 valence electrons. The van der Waals surface area contributed by atoms with Crippen molar-refractivity contribution < 1.29 is 19.1 Å². The van der Waals surface area contributed by atoms with Crippen LogP contribution < -0.4 is 0 Å². The monoisotopic (exact) mass is 271 g/mol. The van der Waals surface area contributed by atoms with E-state index in [1.165, 1.54) is 0 Å². The Kier molecular flexibility index (Phi) is 5.94. The quantitative estimate of drug-likeness (QED) is 0.537. The first kappa shape index (κ1) is 16.1. The molecule has 0 bridgehead atoms. The predicted molar refractivity (Wildman–Crippen MR) is 71.9 cm³/mol. The second-order valence-corrected chi connectivity index (χ2v) is 6.09. The third-order valence-electron chi connectivity index (χ3n) is 3.20. The van der Waals surface area contributed by atoms with Gasteiger partial charge in [0.25, 0.3) is 0 Å². The van der Waals surface area contributed by atoms with E-state index in [4.69, 9.17) is 9.47 Å². The van der Waals surface area contributed by atoms with Crippen LogP contribution in [0.2, 0.25) is 0 Å². The molecule has 1 aliphatic rings. The lowest BCUT2D eigenvalue weighted by atomic mass is 10.0. The Balaban J connectivity index is 2.30. The second-order valence-electron chi connectivity index (χ2n) is 6.09. The summed E-state index contributed by atoms with van der Waals surface area (Å²) >= 11 is 0. The lowest BCUT2D eigenvalue weighted by molar-refractivity contribution is -0.161. The predicted octanol–water partition coefficient (Wildman–Crippen LogP) is 1.25. The van der Waals surface area contributed by atoms with Gasteiger partial charge in [-0.1, -0.05) is 0 Å². The molecule has 0 radical (unpaired) electrons. The fraction of sp³-hybridized carbons (Fsp3) is 0.857. The Bertz CT molecular complexity index is 311. The van der Waals surface area contributed by atoms with Crippen molar-refractivity contribution in [2.24, 2.45) is 5.92 Å². The van der Waals surface area contributed by atoms with Crippen LogP contribution in [0.25, 0.3) is 0 Å². The SMILES string of the molecule is CN1CCCC1[C@H](C=O)COCC(=O)OC(C)(C)C. The van der Waals surface area contributed by atoms with Gasteiger partial charge in [-0.05, 0) is 47.2 Å². The normalized spacial score (nSPS) is 22.2. The Labute approximate surface area is 115 Å². The molecule has 0 aromatic carbocycles. The molecule has 0 aromatic rings. The third kappa shape index (κ3) is 5.70. The van der Waals surface area contributed by atoms with Crippen LogP contribution in [0.3, 0.4) is 0 Å². The molecular formula is C14H25NO4. The van der Waals surface area contributed by atoms with Crippen molar-refractivity contribution in [1.82, 2.24) is 4.90 Å². The summed E-state index contributed by atoms with van der Waals surface area (Å²) in [6.45, 7) is 6.63. The number of carbonyl (C=O) groups is 2. The average Bonchev–Trinajstić information content (AvgIpc) is 2.68. The van der Waals surface area contributed by atoms with Gasteiger partial charge in [-0.15, -0.1) is 0 Å². The Morgan fingerprint density at radius 3 is 2.63 bits per heavy atom. The summed E-state index contributed by atoms with van der Waals surface area (Å²) in [6, 6.07) is 0.233. The highest BCUT2D eigenvalue weighted by atomic mass is 16.6. The average molecular weight is 271 g/mol. The highest BCUT2D eigenvalue weighted by Crippen LogP contribution is 2.21. The smallest absolute Gasteiger partial charge is 0.332 e. The zero-order valence-corrected chi connectivity index (χ0v) is 12.3. The maximum absolute atomic E-state index is 11.5. The Hall–Kier alpha value is -0.940. The minimum Gasteiger partial charge on any atom is -0.458 e. The van der Waals surface area contributed by atoms with E-state index >= 15 is 0 Å². The van der Waals surface area contributed by atoms with Crippen LogP contribution in [-0.2, 0) is 19.1 Å². The highest BCUT2D eigenvalue weighted by Gasteiger charge is 2.29. The summed E-state index contributed by atoms with van der Waals surface area (Å²) in [7, 11) is 2.02. The van der Waals surface area contributed by atoms with E-state index in [2.05, 4.69) is 4.90 Å². The van der Waals surface area contributed by atoms with Crippen LogP contribution in [-0.4, -0.2) is 55.6 Å². The van der Waals surface area contributed by atoms with Crippen molar-refractivity contribution in [3.63, 3.8) is 0 Å². The largest absolute Gasteiger partial charge is 0.458 e. The van der Waals surface area contributed by atoms with Crippen molar-refractivity contribution >= 4 is 12.3 Å². The van der Waals surface area contributed by atoms with Crippen LogP contribution in [0.1, 0.15) is 33.6 Å². The van der Waals surface area contributed by atoms with Crippen molar-refractivity contribution in [3.8, 4) is 0 Å². The van der Waals surface area contributed by atoms with Crippen molar-refractivity contribution in [1.29, 1.82) is 0 Å². The molecule has 2 atom stereocenters. The van der Waals surface area contributed by atoms with Gasteiger partial charge >= 0.3 is 5.97 Å². The summed E-state index contributed by atoms with van der Waals surface area (Å²) in [5.74, 6) is -0.563. The van der Waals surface area contributed by atoms with Crippen molar-refractivity contribution in [3.05, 3.63) is 0 Å². The maximum atomic E-state index is 11.5. The van der Waals surface area contributed by atoms with E-state index in [1.807, 2.05) is 27.8 Å². The minimum absolute atomic E-state index is 0.0992. The molecule has 1 rings (SSSR count). The van der Waals surface area contributed by atoms with Crippen molar-refractivity contribution in [2.75, 3.05) is 26.8 Å². The summed E-state index contributed by atoms with van der Waals surface area (Å²) in [5, 5.41) is 0. The first-order chi connectivity index (χ1) is 8.83. The Morgan fingerprint density at radius 1 is 1.47 bits per heavy atom. The first-order valence-electron chi connectivity index (χ1n) is 6.78. The fourth-order valence-electron chi connectivity index (χ4n) is 2.37. The van der Waals surface area contributed by atoms with E-state index in [1.54, 1.807) is 0 Å². The lowest BCUT2D eigenvalue weighted by Gasteiger charge is -2.25. The van der Waals surface area contributed by atoms with Crippen molar-refractivity contribution in [2.45, 2.75) is 45.3 Å². The summed E-state index contributed by atoms with van der Waals surface area (Å²) in [4.78, 5) is 24.8. The van der Waals surface area contributed by atoms with Gasteiger partial charge in [0.2, 0.25) is 0 Å². The number of carbonyl (C=O) groups excluding carboxylic acids is 2. The summed E-state index contributed by atoms with van der Waals surface area (Å²) in [5.41, 5.74) is -0.504. The zero-order valence-electron chi connectivity index (χ0n) is 12.3. The molecule has 1 saturated heterocycles. The van der Waals surface area contributed by atoms with Crippen LogP contribution in [0.15, 0.2) is 0 Å². The third-order valence-corrected chi connectivity index (χ3v) is 3.20. The fourth-order valence-corrected chi connectivity index (χ4v) is 2.37. The Morgan fingerprint density at radius 2 is 2.16 bits per heavy atom. The minimum atomic E-state index is -0.504. The molecular weight excluding hydrogens is 246 g/mol. The number of hydrogen-bond acceptors (Lipinski definition) is 5. The van der Waals surface area contributed by atoms with Crippen LogP contribution in [0.5, 0.6) is 0 Å². The maximum Gasteiger partial charge on any atom is 0.332 e. The molecule has 1 unspecified atom stereocenters. The molecule has 5 heteroatoms.